The molecule has 0 amide bonds. The number of hydrogen-bond donors (Lipinski definition) is 0. The maximum atomic E-state index is 4.36. The van der Waals surface area contributed by atoms with Crippen LogP contribution in [0.3, 0.4) is 0 Å². The zero-order valence-corrected chi connectivity index (χ0v) is 27.1. The third-order valence-electron chi connectivity index (χ3n) is 7.76. The summed E-state index contributed by atoms with van der Waals surface area (Å²) >= 11 is 0. The van der Waals surface area contributed by atoms with Crippen LogP contribution in [0.4, 0.5) is 0 Å². The van der Waals surface area contributed by atoms with Crippen molar-refractivity contribution in [2.75, 3.05) is 39.3 Å². The summed E-state index contributed by atoms with van der Waals surface area (Å²) in [5.41, 5.74) is 2.50. The first-order chi connectivity index (χ1) is 18.0. The molecule has 0 fully saturated rings. The molecule has 4 heteroatoms. The summed E-state index contributed by atoms with van der Waals surface area (Å²) in [5.74, 6) is 0. The summed E-state index contributed by atoms with van der Waals surface area (Å²) in [5, 5.41) is 1.60. The Morgan fingerprint density at radius 3 is 1.19 bits per heavy atom. The molecule has 0 aliphatic carbocycles. The van der Waals surface area contributed by atoms with Gasteiger partial charge in [-0.3, -0.25) is 13.7 Å². The largest absolute Gasteiger partial charge is 0.323 e. The van der Waals surface area contributed by atoms with E-state index in [1.165, 1.54) is 127 Å². The van der Waals surface area contributed by atoms with E-state index in [2.05, 4.69) is 93.0 Å². The quantitative estimate of drug-likeness (QED) is 0.131. The van der Waals surface area contributed by atoms with Gasteiger partial charge in [0.05, 0.1) is 0 Å². The Labute approximate surface area is 233 Å². The second-order valence-corrected chi connectivity index (χ2v) is 14.8. The summed E-state index contributed by atoms with van der Waals surface area (Å²) in [6, 6.07) is 9.65. The third kappa shape index (κ3) is 10.3. The van der Waals surface area contributed by atoms with Gasteiger partial charge in [0, 0.05) is 0 Å². The van der Waals surface area contributed by atoms with Crippen LogP contribution in [0.15, 0.2) is 30.8 Å². The van der Waals surface area contributed by atoms with E-state index in [0.29, 0.717) is 0 Å². The molecule has 0 bridgehead atoms. The van der Waals surface area contributed by atoms with Crippen LogP contribution in [0.5, 0.6) is 0 Å². The number of allylic oxidation sites excluding steroid dienone is 1. The molecule has 0 radical (unpaired) electrons. The van der Waals surface area contributed by atoms with Crippen molar-refractivity contribution < 1.29 is 0 Å². The smallest absolute Gasteiger partial charge is 0.296 e. The van der Waals surface area contributed by atoms with Gasteiger partial charge >= 0.3 is 8.56 Å². The maximum Gasteiger partial charge on any atom is 0.323 e. The fourth-order valence-electron chi connectivity index (χ4n) is 5.51. The van der Waals surface area contributed by atoms with Crippen LogP contribution < -0.4 is 5.19 Å². The van der Waals surface area contributed by atoms with E-state index in [1.807, 2.05) is 0 Å². The van der Waals surface area contributed by atoms with E-state index in [-0.39, 0.29) is 0 Å². The predicted octanol–water partition coefficient (Wildman–Crippen LogP) is 8.57. The molecule has 0 unspecified atom stereocenters. The van der Waals surface area contributed by atoms with Crippen molar-refractivity contribution in [3.8, 4) is 0 Å². The lowest BCUT2D eigenvalue weighted by Gasteiger charge is -2.55. The third-order valence-corrected chi connectivity index (χ3v) is 12.8. The van der Waals surface area contributed by atoms with E-state index in [4.69, 9.17) is 0 Å². The second-order valence-electron chi connectivity index (χ2n) is 11.1. The van der Waals surface area contributed by atoms with Crippen LogP contribution in [0.1, 0.15) is 131 Å². The Kier molecular flexibility index (Phi) is 18.5. The average Bonchev–Trinajstić information content (AvgIpc) is 2.91. The van der Waals surface area contributed by atoms with Crippen molar-refractivity contribution in [2.45, 2.75) is 126 Å². The molecule has 0 N–H and O–H groups in total. The maximum absolute atomic E-state index is 4.36. The predicted molar refractivity (Wildman–Crippen MR) is 171 cm³/mol. The van der Waals surface area contributed by atoms with Crippen molar-refractivity contribution in [2.24, 2.45) is 0 Å². The van der Waals surface area contributed by atoms with Gasteiger partial charge in [-0.1, -0.05) is 116 Å². The second kappa shape index (κ2) is 20.0. The number of nitrogens with zero attached hydrogens (tertiary/aromatic N) is 3. The Bertz CT molecular complexity index is 645. The average molecular weight is 530 g/mol. The first-order valence-corrected chi connectivity index (χ1v) is 17.8. The fraction of sp³-hybridized carbons (Fsp3) is 0.758. The highest BCUT2D eigenvalue weighted by Crippen LogP contribution is 2.27. The van der Waals surface area contributed by atoms with Gasteiger partial charge in [0.15, 0.2) is 0 Å². The van der Waals surface area contributed by atoms with Crippen molar-refractivity contribution >= 4 is 19.3 Å². The minimum atomic E-state index is -2.40. The van der Waals surface area contributed by atoms with Gasteiger partial charge in [0.1, 0.15) is 0 Å². The molecule has 0 saturated heterocycles. The minimum Gasteiger partial charge on any atom is -0.296 e. The number of unbranched alkanes of at least 4 members (excludes halogenated alkanes) is 6. The molecule has 37 heavy (non-hydrogen) atoms. The van der Waals surface area contributed by atoms with Gasteiger partial charge < -0.3 is 0 Å². The van der Waals surface area contributed by atoms with E-state index in [0.717, 1.165) is 0 Å². The number of rotatable bonds is 23. The van der Waals surface area contributed by atoms with Gasteiger partial charge in [-0.05, 0) is 95.5 Å². The lowest BCUT2D eigenvalue weighted by molar-refractivity contribution is 0.234. The van der Waals surface area contributed by atoms with E-state index < -0.39 is 8.56 Å². The Morgan fingerprint density at radius 2 is 0.919 bits per heavy atom. The van der Waals surface area contributed by atoms with Crippen molar-refractivity contribution in [1.29, 1.82) is 0 Å². The Morgan fingerprint density at radius 1 is 0.595 bits per heavy atom. The SMILES string of the molecule is C=C(C)c1cccc([Si](N(CCCC)CCCC)(N(CCCC)CCCC)N(CCCC)CCCC)c1. The van der Waals surface area contributed by atoms with Crippen molar-refractivity contribution in [1.82, 2.24) is 13.7 Å². The molecule has 0 aliphatic rings. The van der Waals surface area contributed by atoms with Crippen LogP contribution in [0, 0.1) is 0 Å². The standard InChI is InChI=1S/C33H63N3Si/c1-9-15-24-34(25-16-10-2)37(35(26-17-11-3)27-18-12-4,36(28-19-13-5)29-20-14-6)33-23-21-22-32(30-33)31(7)8/h21-23,30H,7,9-20,24-29H2,1-6,8H3. The fourth-order valence-corrected chi connectivity index (χ4v) is 11.3. The zero-order chi connectivity index (χ0) is 27.5. The molecule has 0 saturated carbocycles. The first kappa shape index (κ1) is 34.1. The topological polar surface area (TPSA) is 9.72 Å². The van der Waals surface area contributed by atoms with E-state index >= 15 is 0 Å². The molecule has 0 heterocycles. The summed E-state index contributed by atoms with van der Waals surface area (Å²) in [6.07, 6.45) is 15.2. The highest BCUT2D eigenvalue weighted by molar-refractivity contribution is 6.84. The molecule has 0 aliphatic heterocycles. The van der Waals surface area contributed by atoms with Crippen molar-refractivity contribution in [3.63, 3.8) is 0 Å². The molecule has 214 valence electrons. The lowest BCUT2D eigenvalue weighted by atomic mass is 10.1. The minimum absolute atomic E-state index is 1.18. The molecule has 0 atom stereocenters. The van der Waals surface area contributed by atoms with Crippen LogP contribution in [0.2, 0.25) is 0 Å². The molecule has 0 spiro atoms. The molecule has 0 aromatic heterocycles. The normalized spacial score (nSPS) is 12.3. The monoisotopic (exact) mass is 529 g/mol. The van der Waals surface area contributed by atoms with Crippen LogP contribution in [0.25, 0.3) is 5.57 Å². The summed E-state index contributed by atoms with van der Waals surface area (Å²) < 4.78 is 9.15. The summed E-state index contributed by atoms with van der Waals surface area (Å²) in [7, 11) is -2.40. The molecule has 1 aromatic rings. The lowest BCUT2D eigenvalue weighted by Crippen LogP contribution is -2.82. The number of benzene rings is 1. The summed E-state index contributed by atoms with van der Waals surface area (Å²) in [4.78, 5) is 0. The highest BCUT2D eigenvalue weighted by Gasteiger charge is 2.52. The van der Waals surface area contributed by atoms with Gasteiger partial charge in [0.2, 0.25) is 0 Å². The Balaban J connectivity index is 4.04. The van der Waals surface area contributed by atoms with Gasteiger partial charge in [-0.2, -0.15) is 0 Å². The summed E-state index contributed by atoms with van der Waals surface area (Å²) in [6.45, 7) is 28.0. The molecule has 1 rings (SSSR count). The van der Waals surface area contributed by atoms with Crippen molar-refractivity contribution in [3.05, 3.63) is 36.4 Å². The van der Waals surface area contributed by atoms with Gasteiger partial charge in [-0.25, -0.2) is 0 Å². The Hall–Kier alpha value is -0.943. The molecule has 1 aromatic carbocycles. The highest BCUT2D eigenvalue weighted by atomic mass is 28.4. The van der Waals surface area contributed by atoms with Crippen LogP contribution >= 0.6 is 0 Å². The van der Waals surface area contributed by atoms with Gasteiger partial charge in [0.25, 0.3) is 0 Å². The van der Waals surface area contributed by atoms with Gasteiger partial charge in [-0.15, -0.1) is 0 Å². The molecule has 3 nitrogen and oxygen atoms in total. The van der Waals surface area contributed by atoms with Crippen LogP contribution in [-0.2, 0) is 0 Å². The van der Waals surface area contributed by atoms with E-state index in [1.54, 1.807) is 5.19 Å². The van der Waals surface area contributed by atoms with E-state index in [9.17, 15) is 0 Å². The number of hydrogen-bond acceptors (Lipinski definition) is 3. The molecular weight excluding hydrogens is 466 g/mol. The molecular formula is C33H63N3Si. The van der Waals surface area contributed by atoms with Crippen LogP contribution in [-0.4, -0.2) is 61.5 Å². The zero-order valence-electron chi connectivity index (χ0n) is 26.1. The first-order valence-electron chi connectivity index (χ1n) is 16.0.